The SMILES string of the molecule is Cc1cnc(NC2CCN(c3ccc(CN4CCC(c5ccc6c(c5)[C@@H](C)N([C@H]5CCC(=O)NC5=O)C6=O)CC4)cc3)CC2)nc1. The second-order valence-electron chi connectivity index (χ2n) is 13.4. The summed E-state index contributed by atoms with van der Waals surface area (Å²) in [6, 6.07) is 14.9. The number of fused-ring (bicyclic) bond motifs is 1. The van der Waals surface area contributed by atoms with E-state index in [-0.39, 0.29) is 30.2 Å². The summed E-state index contributed by atoms with van der Waals surface area (Å²) < 4.78 is 0. The fourth-order valence-electron chi connectivity index (χ4n) is 7.63. The molecular weight excluding hydrogens is 578 g/mol. The summed E-state index contributed by atoms with van der Waals surface area (Å²) in [5.41, 5.74) is 6.65. The monoisotopic (exact) mass is 621 g/mol. The lowest BCUT2D eigenvalue weighted by Crippen LogP contribution is -2.53. The summed E-state index contributed by atoms with van der Waals surface area (Å²) in [6.45, 7) is 9.04. The van der Waals surface area contributed by atoms with Crippen LogP contribution in [0.1, 0.15) is 90.0 Å². The average Bonchev–Trinajstić information content (AvgIpc) is 3.32. The second-order valence-corrected chi connectivity index (χ2v) is 13.4. The summed E-state index contributed by atoms with van der Waals surface area (Å²) in [4.78, 5) is 52.9. The van der Waals surface area contributed by atoms with E-state index in [4.69, 9.17) is 0 Å². The van der Waals surface area contributed by atoms with E-state index in [1.807, 2.05) is 32.3 Å². The summed E-state index contributed by atoms with van der Waals surface area (Å²) in [5, 5.41) is 5.89. The first-order valence-corrected chi connectivity index (χ1v) is 16.7. The Morgan fingerprint density at radius 1 is 0.891 bits per heavy atom. The van der Waals surface area contributed by atoms with Crippen molar-refractivity contribution in [3.8, 4) is 0 Å². The molecule has 0 unspecified atom stereocenters. The smallest absolute Gasteiger partial charge is 0.255 e. The Hall–Kier alpha value is -4.31. The van der Waals surface area contributed by atoms with Crippen molar-refractivity contribution in [1.29, 1.82) is 0 Å². The van der Waals surface area contributed by atoms with Crippen LogP contribution in [0.2, 0.25) is 0 Å². The standard InChI is InChI=1S/C36H43N7O3/c1-23-20-37-36(38-21-23)39-28-13-17-42(18-14-28)29-6-3-25(4-7-29)22-41-15-11-26(12-16-41)27-5-8-30-31(19-27)24(2)43(35(30)46)32-9-10-33(44)40-34(32)45/h3-8,19-21,24,26,28,32H,9-18,22H2,1-2H3,(H,37,38,39)(H,40,44,45)/t24-,32+/m1/s1. The van der Waals surface area contributed by atoms with Crippen molar-refractivity contribution in [1.82, 2.24) is 25.1 Å². The number of nitrogens with zero attached hydrogens (tertiary/aromatic N) is 5. The fraction of sp³-hybridized carbons (Fsp3) is 0.472. The predicted molar refractivity (Wildman–Crippen MR) is 177 cm³/mol. The maximum Gasteiger partial charge on any atom is 0.255 e. The third-order valence-electron chi connectivity index (χ3n) is 10.3. The van der Waals surface area contributed by atoms with Crippen molar-refractivity contribution < 1.29 is 14.4 Å². The van der Waals surface area contributed by atoms with E-state index >= 15 is 0 Å². The van der Waals surface area contributed by atoms with Crippen molar-refractivity contribution >= 4 is 29.4 Å². The molecule has 46 heavy (non-hydrogen) atoms. The highest BCUT2D eigenvalue weighted by Crippen LogP contribution is 2.39. The predicted octanol–water partition coefficient (Wildman–Crippen LogP) is 4.57. The highest BCUT2D eigenvalue weighted by atomic mass is 16.2. The van der Waals surface area contributed by atoms with Crippen molar-refractivity contribution in [3.63, 3.8) is 0 Å². The highest BCUT2D eigenvalue weighted by Gasteiger charge is 2.43. The number of likely N-dealkylation sites (tertiary alicyclic amines) is 1. The third-order valence-corrected chi connectivity index (χ3v) is 10.3. The van der Waals surface area contributed by atoms with Gasteiger partial charge in [-0.3, -0.25) is 24.6 Å². The number of aryl methyl sites for hydroxylation is 1. The van der Waals surface area contributed by atoms with Crippen molar-refractivity contribution in [2.45, 2.75) is 83.0 Å². The summed E-state index contributed by atoms with van der Waals surface area (Å²) in [5.74, 6) is 0.423. The number of nitrogens with one attached hydrogen (secondary N) is 2. The van der Waals surface area contributed by atoms with Gasteiger partial charge < -0.3 is 15.1 Å². The number of hydrogen-bond donors (Lipinski definition) is 2. The van der Waals surface area contributed by atoms with Crippen LogP contribution in [0.25, 0.3) is 0 Å². The van der Waals surface area contributed by atoms with Crippen molar-refractivity contribution in [3.05, 3.63) is 82.7 Å². The van der Waals surface area contributed by atoms with Crippen molar-refractivity contribution in [2.24, 2.45) is 0 Å². The number of piperidine rings is 3. The number of aromatic nitrogens is 2. The first kappa shape index (κ1) is 30.3. The molecule has 0 aliphatic carbocycles. The molecule has 2 aromatic carbocycles. The van der Waals surface area contributed by atoms with Crippen LogP contribution < -0.4 is 15.5 Å². The van der Waals surface area contributed by atoms with E-state index in [2.05, 4.69) is 66.8 Å². The van der Waals surface area contributed by atoms with Gasteiger partial charge in [0.05, 0.1) is 6.04 Å². The van der Waals surface area contributed by atoms with E-state index in [0.717, 1.165) is 69.5 Å². The number of anilines is 2. The normalized spacial score (nSPS) is 23.0. The molecule has 1 aromatic heterocycles. The quantitative estimate of drug-likeness (QED) is 0.370. The molecule has 2 atom stereocenters. The average molecular weight is 622 g/mol. The molecule has 3 aromatic rings. The lowest BCUT2D eigenvalue weighted by molar-refractivity contribution is -0.137. The van der Waals surface area contributed by atoms with Crippen LogP contribution in [-0.2, 0) is 16.1 Å². The van der Waals surface area contributed by atoms with Crippen LogP contribution in [0, 0.1) is 6.92 Å². The Morgan fingerprint density at radius 2 is 1.61 bits per heavy atom. The largest absolute Gasteiger partial charge is 0.371 e. The van der Waals surface area contributed by atoms with Gasteiger partial charge in [0, 0.05) is 55.7 Å². The number of benzene rings is 2. The molecule has 7 rings (SSSR count). The minimum Gasteiger partial charge on any atom is -0.371 e. The zero-order valence-electron chi connectivity index (χ0n) is 26.7. The van der Waals surface area contributed by atoms with Crippen LogP contribution in [0.3, 0.4) is 0 Å². The molecule has 4 aliphatic heterocycles. The second kappa shape index (κ2) is 12.8. The Bertz CT molecular complexity index is 1590. The highest BCUT2D eigenvalue weighted by molar-refractivity contribution is 6.05. The molecule has 5 heterocycles. The van der Waals surface area contributed by atoms with Gasteiger partial charge in [-0.05, 0) is 105 Å². The van der Waals surface area contributed by atoms with E-state index in [9.17, 15) is 14.4 Å². The topological polar surface area (TPSA) is 111 Å². The van der Waals surface area contributed by atoms with Gasteiger partial charge in [0.1, 0.15) is 6.04 Å². The van der Waals surface area contributed by atoms with Crippen LogP contribution in [0.15, 0.2) is 54.9 Å². The molecule has 3 fully saturated rings. The Labute approximate surface area is 270 Å². The molecule has 10 heteroatoms. The molecule has 0 radical (unpaired) electrons. The molecule has 3 saturated heterocycles. The van der Waals surface area contributed by atoms with Gasteiger partial charge in [-0.15, -0.1) is 0 Å². The fourth-order valence-corrected chi connectivity index (χ4v) is 7.63. The Kier molecular flexibility index (Phi) is 8.46. The van der Waals surface area contributed by atoms with E-state index in [1.54, 1.807) is 4.90 Å². The maximum absolute atomic E-state index is 13.3. The first-order chi connectivity index (χ1) is 22.3. The van der Waals surface area contributed by atoms with E-state index in [1.165, 1.54) is 16.8 Å². The van der Waals surface area contributed by atoms with Crippen LogP contribution in [-0.4, -0.2) is 75.8 Å². The van der Waals surface area contributed by atoms with Crippen LogP contribution >= 0.6 is 0 Å². The van der Waals surface area contributed by atoms with E-state index < -0.39 is 6.04 Å². The minimum atomic E-state index is -0.595. The van der Waals surface area contributed by atoms with Crippen LogP contribution in [0.4, 0.5) is 11.6 Å². The summed E-state index contributed by atoms with van der Waals surface area (Å²) in [6.07, 6.45) is 8.63. The molecule has 0 saturated carbocycles. The van der Waals surface area contributed by atoms with Gasteiger partial charge in [0.2, 0.25) is 17.8 Å². The molecule has 0 bridgehead atoms. The Balaban J connectivity index is 0.896. The van der Waals surface area contributed by atoms with Gasteiger partial charge in [-0.25, -0.2) is 9.97 Å². The first-order valence-electron chi connectivity index (χ1n) is 16.7. The zero-order chi connectivity index (χ0) is 31.8. The number of carbonyl (C=O) groups is 3. The molecule has 3 amide bonds. The lowest BCUT2D eigenvalue weighted by Gasteiger charge is -2.34. The van der Waals surface area contributed by atoms with Gasteiger partial charge >= 0.3 is 0 Å². The Morgan fingerprint density at radius 3 is 2.30 bits per heavy atom. The molecule has 4 aliphatic rings. The van der Waals surface area contributed by atoms with Gasteiger partial charge in [0.25, 0.3) is 5.91 Å². The van der Waals surface area contributed by atoms with Crippen LogP contribution in [0.5, 0.6) is 0 Å². The van der Waals surface area contributed by atoms with E-state index in [0.29, 0.717) is 29.9 Å². The van der Waals surface area contributed by atoms with Gasteiger partial charge in [0.15, 0.2) is 0 Å². The summed E-state index contributed by atoms with van der Waals surface area (Å²) in [7, 11) is 0. The zero-order valence-corrected chi connectivity index (χ0v) is 26.7. The number of amides is 3. The molecular formula is C36H43N7O3. The van der Waals surface area contributed by atoms with Gasteiger partial charge in [-0.2, -0.15) is 0 Å². The molecule has 10 nitrogen and oxygen atoms in total. The molecule has 240 valence electrons. The lowest BCUT2D eigenvalue weighted by atomic mass is 9.87. The number of carbonyl (C=O) groups excluding carboxylic acids is 3. The van der Waals surface area contributed by atoms with Gasteiger partial charge in [-0.1, -0.05) is 24.3 Å². The molecule has 2 N–H and O–H groups in total. The summed E-state index contributed by atoms with van der Waals surface area (Å²) >= 11 is 0. The minimum absolute atomic E-state index is 0.112. The maximum atomic E-state index is 13.3. The number of rotatable bonds is 7. The third kappa shape index (κ3) is 6.23. The molecule has 0 spiro atoms. The number of hydrogen-bond acceptors (Lipinski definition) is 8. The number of imide groups is 1. The van der Waals surface area contributed by atoms with Crippen molar-refractivity contribution in [2.75, 3.05) is 36.4 Å².